The number of para-hydroxylation sites is 1. The summed E-state index contributed by atoms with van der Waals surface area (Å²) in [7, 11) is 0. The van der Waals surface area contributed by atoms with Gasteiger partial charge in [-0.3, -0.25) is 0 Å². The Morgan fingerprint density at radius 3 is 2.76 bits per heavy atom. The molecule has 0 heterocycles. The number of benzene rings is 1. The first-order chi connectivity index (χ1) is 8.15. The van der Waals surface area contributed by atoms with E-state index in [1.54, 1.807) is 6.08 Å². The Morgan fingerprint density at radius 2 is 2.12 bits per heavy atom. The van der Waals surface area contributed by atoms with Crippen molar-refractivity contribution in [1.82, 2.24) is 0 Å². The summed E-state index contributed by atoms with van der Waals surface area (Å²) in [5, 5.41) is 8.65. The third-order valence-corrected chi connectivity index (χ3v) is 2.30. The summed E-state index contributed by atoms with van der Waals surface area (Å²) in [4.78, 5) is 10.5. The molecule has 0 radical (unpaired) electrons. The van der Waals surface area contributed by atoms with Crippen molar-refractivity contribution >= 4 is 5.97 Å². The Morgan fingerprint density at radius 1 is 1.41 bits per heavy atom. The number of hydrogen-bond acceptors (Lipinski definition) is 2. The number of ether oxygens (including phenoxy) is 1. The van der Waals surface area contributed by atoms with E-state index in [0.29, 0.717) is 13.0 Å². The average molecular weight is 232 g/mol. The summed E-state index contributed by atoms with van der Waals surface area (Å²) in [6.45, 7) is 7.45. The lowest BCUT2D eigenvalue weighted by molar-refractivity contribution is -0.132. The molecule has 0 bridgehead atoms. The Labute approximate surface area is 101 Å². The zero-order chi connectivity index (χ0) is 12.7. The van der Waals surface area contributed by atoms with Gasteiger partial charge in [0.1, 0.15) is 5.75 Å². The van der Waals surface area contributed by atoms with Crippen molar-refractivity contribution in [1.29, 1.82) is 0 Å². The number of aliphatic carboxylic acids is 1. The van der Waals surface area contributed by atoms with E-state index in [1.165, 1.54) is 0 Å². The maximum atomic E-state index is 10.5. The molecule has 3 heteroatoms. The molecule has 0 aliphatic heterocycles. The van der Waals surface area contributed by atoms with E-state index < -0.39 is 5.97 Å². The molecule has 1 rings (SSSR count). The van der Waals surface area contributed by atoms with Crippen molar-refractivity contribution in [3.63, 3.8) is 0 Å². The minimum absolute atomic E-state index is 0.159. The fourth-order valence-electron chi connectivity index (χ4n) is 1.36. The Balaban J connectivity index is 2.54. The van der Waals surface area contributed by atoms with Gasteiger partial charge in [-0.1, -0.05) is 30.9 Å². The first-order valence-electron chi connectivity index (χ1n) is 5.38. The van der Waals surface area contributed by atoms with Gasteiger partial charge in [-0.25, -0.2) is 4.79 Å². The summed E-state index contributed by atoms with van der Waals surface area (Å²) in [6.07, 6.45) is 2.85. The Hall–Kier alpha value is -2.03. The van der Waals surface area contributed by atoms with Crippen LogP contribution in [0.4, 0.5) is 0 Å². The molecule has 0 aromatic heterocycles. The van der Waals surface area contributed by atoms with Crippen LogP contribution in [0.3, 0.4) is 0 Å². The van der Waals surface area contributed by atoms with Gasteiger partial charge in [-0.15, -0.1) is 6.58 Å². The Bertz CT molecular complexity index is 421. The molecule has 0 spiro atoms. The van der Waals surface area contributed by atoms with Gasteiger partial charge in [-0.2, -0.15) is 0 Å². The van der Waals surface area contributed by atoms with E-state index in [9.17, 15) is 4.79 Å². The van der Waals surface area contributed by atoms with Gasteiger partial charge in [0.15, 0.2) is 0 Å². The van der Waals surface area contributed by atoms with E-state index >= 15 is 0 Å². The molecule has 0 unspecified atom stereocenters. The second kappa shape index (κ2) is 6.53. The van der Waals surface area contributed by atoms with Crippen LogP contribution < -0.4 is 4.74 Å². The number of allylic oxidation sites excluding steroid dienone is 1. The molecule has 0 amide bonds. The molecule has 0 saturated heterocycles. The summed E-state index contributed by atoms with van der Waals surface area (Å²) in [5.41, 5.74) is 1.20. The fourth-order valence-corrected chi connectivity index (χ4v) is 1.36. The minimum Gasteiger partial charge on any atom is -0.493 e. The van der Waals surface area contributed by atoms with E-state index in [0.717, 1.165) is 17.7 Å². The van der Waals surface area contributed by atoms with Gasteiger partial charge in [0.2, 0.25) is 0 Å². The van der Waals surface area contributed by atoms with Crippen molar-refractivity contribution in [3.05, 3.63) is 54.6 Å². The molecule has 90 valence electrons. The predicted molar refractivity (Wildman–Crippen MR) is 67.2 cm³/mol. The van der Waals surface area contributed by atoms with E-state index in [-0.39, 0.29) is 5.57 Å². The largest absolute Gasteiger partial charge is 0.493 e. The molecule has 1 aromatic carbocycles. The number of carboxylic acid groups (broad SMARTS) is 1. The van der Waals surface area contributed by atoms with E-state index in [4.69, 9.17) is 9.84 Å². The first kappa shape index (κ1) is 13.0. The van der Waals surface area contributed by atoms with Crippen LogP contribution in [0.15, 0.2) is 49.1 Å². The number of rotatable bonds is 7. The third kappa shape index (κ3) is 4.15. The van der Waals surface area contributed by atoms with Crippen molar-refractivity contribution in [2.75, 3.05) is 6.61 Å². The third-order valence-electron chi connectivity index (χ3n) is 2.30. The topological polar surface area (TPSA) is 46.5 Å². The molecule has 17 heavy (non-hydrogen) atoms. The van der Waals surface area contributed by atoms with Gasteiger partial charge in [0, 0.05) is 12.0 Å². The monoisotopic (exact) mass is 232 g/mol. The second-order valence-electron chi connectivity index (χ2n) is 3.61. The second-order valence-corrected chi connectivity index (χ2v) is 3.61. The van der Waals surface area contributed by atoms with Gasteiger partial charge in [0.05, 0.1) is 6.61 Å². The highest BCUT2D eigenvalue weighted by molar-refractivity contribution is 5.85. The molecule has 0 fully saturated rings. The normalized spacial score (nSPS) is 9.65. The molecule has 0 atom stereocenters. The average Bonchev–Trinajstić information content (AvgIpc) is 2.31. The lowest BCUT2D eigenvalue weighted by atomic mass is 10.1. The van der Waals surface area contributed by atoms with Crippen LogP contribution in [-0.2, 0) is 11.2 Å². The lowest BCUT2D eigenvalue weighted by Gasteiger charge is -2.10. The van der Waals surface area contributed by atoms with Crippen LogP contribution in [0.5, 0.6) is 5.75 Å². The molecular weight excluding hydrogens is 216 g/mol. The minimum atomic E-state index is -0.979. The van der Waals surface area contributed by atoms with E-state index in [1.807, 2.05) is 24.3 Å². The maximum absolute atomic E-state index is 10.5. The molecular formula is C14H16O3. The van der Waals surface area contributed by atoms with Gasteiger partial charge in [-0.05, 0) is 18.1 Å². The molecule has 1 N–H and O–H groups in total. The van der Waals surface area contributed by atoms with Crippen LogP contribution >= 0.6 is 0 Å². The van der Waals surface area contributed by atoms with Gasteiger partial charge < -0.3 is 9.84 Å². The molecule has 1 aromatic rings. The number of carboxylic acids is 1. The van der Waals surface area contributed by atoms with Crippen molar-refractivity contribution in [3.8, 4) is 5.75 Å². The zero-order valence-electron chi connectivity index (χ0n) is 9.69. The summed E-state index contributed by atoms with van der Waals surface area (Å²) in [6, 6.07) is 7.64. The number of hydrogen-bond donors (Lipinski definition) is 1. The van der Waals surface area contributed by atoms with Crippen LogP contribution in [0, 0.1) is 0 Å². The highest BCUT2D eigenvalue weighted by Gasteiger charge is 2.05. The van der Waals surface area contributed by atoms with Crippen molar-refractivity contribution in [2.45, 2.75) is 12.8 Å². The highest BCUT2D eigenvalue weighted by atomic mass is 16.5. The fraction of sp³-hybridized carbons (Fsp3) is 0.214. The van der Waals surface area contributed by atoms with Crippen molar-refractivity contribution < 1.29 is 14.6 Å². The number of carbonyl (C=O) groups is 1. The first-order valence-corrected chi connectivity index (χ1v) is 5.38. The molecule has 0 aliphatic rings. The quantitative estimate of drug-likeness (QED) is 0.581. The maximum Gasteiger partial charge on any atom is 0.331 e. The summed E-state index contributed by atoms with van der Waals surface area (Å²) < 4.78 is 5.54. The van der Waals surface area contributed by atoms with Crippen LogP contribution in [0.25, 0.3) is 0 Å². The van der Waals surface area contributed by atoms with Crippen LogP contribution in [0.2, 0.25) is 0 Å². The van der Waals surface area contributed by atoms with Crippen LogP contribution in [0.1, 0.15) is 12.0 Å². The SMILES string of the molecule is C=CCc1ccccc1OCCC(=C)C(=O)O. The summed E-state index contributed by atoms with van der Waals surface area (Å²) >= 11 is 0. The van der Waals surface area contributed by atoms with Gasteiger partial charge >= 0.3 is 5.97 Å². The highest BCUT2D eigenvalue weighted by Crippen LogP contribution is 2.19. The smallest absolute Gasteiger partial charge is 0.331 e. The predicted octanol–water partition coefficient (Wildman–Crippen LogP) is 2.82. The summed E-state index contributed by atoms with van der Waals surface area (Å²) in [5.74, 6) is -0.210. The molecule has 3 nitrogen and oxygen atoms in total. The Kier molecular flexibility index (Phi) is 5.01. The lowest BCUT2D eigenvalue weighted by Crippen LogP contribution is -2.06. The molecule has 0 saturated carbocycles. The standard InChI is InChI=1S/C14H16O3/c1-3-6-12-7-4-5-8-13(12)17-10-9-11(2)14(15)16/h3-5,7-8H,1-2,6,9-10H2,(H,15,16). The van der Waals surface area contributed by atoms with E-state index in [2.05, 4.69) is 13.2 Å². The molecule has 0 aliphatic carbocycles. The van der Waals surface area contributed by atoms with Gasteiger partial charge in [0.25, 0.3) is 0 Å². The zero-order valence-corrected chi connectivity index (χ0v) is 9.69. The van der Waals surface area contributed by atoms with Crippen LogP contribution in [-0.4, -0.2) is 17.7 Å². The van der Waals surface area contributed by atoms with Crippen molar-refractivity contribution in [2.24, 2.45) is 0 Å².